The zero-order chi connectivity index (χ0) is 17.3. The number of nitro benzene ring substituents is 1. The molecule has 0 saturated carbocycles. The minimum Gasteiger partial charge on any atom is -0.298 e. The van der Waals surface area contributed by atoms with Gasteiger partial charge in [-0.25, -0.2) is 4.98 Å². The Kier molecular flexibility index (Phi) is 4.70. The average molecular weight is 380 g/mol. The first kappa shape index (κ1) is 16.7. The Balaban J connectivity index is 1.97. The van der Waals surface area contributed by atoms with Crippen LogP contribution < -0.4 is 5.32 Å². The number of thiazole rings is 1. The number of aromatic nitrogens is 1. The van der Waals surface area contributed by atoms with Crippen LogP contribution in [-0.2, 0) is 0 Å². The van der Waals surface area contributed by atoms with Crippen molar-refractivity contribution in [2.24, 2.45) is 0 Å². The standard InChI is InChI=1S/C15H10ClN3O3S2/c1-23-11-7-2-4-8(13(11)19(21)22)14(20)18-15-17-12-9(16)5-3-6-10(12)24-15/h2-7H,1H3,(H,17,18,20). The number of amides is 1. The summed E-state index contributed by atoms with van der Waals surface area (Å²) in [4.78, 5) is 28.0. The second-order valence-electron chi connectivity index (χ2n) is 4.67. The minimum atomic E-state index is -0.576. The molecule has 0 saturated heterocycles. The van der Waals surface area contributed by atoms with E-state index in [1.165, 1.54) is 29.2 Å². The van der Waals surface area contributed by atoms with Crippen molar-refractivity contribution in [1.82, 2.24) is 4.98 Å². The molecule has 3 aromatic rings. The Labute approximate surface area is 150 Å². The largest absolute Gasteiger partial charge is 0.298 e. The second-order valence-corrected chi connectivity index (χ2v) is 6.96. The summed E-state index contributed by atoms with van der Waals surface area (Å²) < 4.78 is 0.824. The highest BCUT2D eigenvalue weighted by atomic mass is 35.5. The van der Waals surface area contributed by atoms with Crippen LogP contribution in [0.3, 0.4) is 0 Å². The number of fused-ring (bicyclic) bond motifs is 1. The van der Waals surface area contributed by atoms with Gasteiger partial charge < -0.3 is 0 Å². The van der Waals surface area contributed by atoms with Gasteiger partial charge in [-0.2, -0.15) is 0 Å². The third kappa shape index (κ3) is 3.08. The number of halogens is 1. The zero-order valence-electron chi connectivity index (χ0n) is 12.3. The van der Waals surface area contributed by atoms with Gasteiger partial charge in [-0.3, -0.25) is 20.2 Å². The van der Waals surface area contributed by atoms with Crippen molar-refractivity contribution in [3.05, 3.63) is 57.1 Å². The molecule has 0 aliphatic heterocycles. The summed E-state index contributed by atoms with van der Waals surface area (Å²) >= 11 is 8.54. The third-order valence-electron chi connectivity index (χ3n) is 3.24. The van der Waals surface area contributed by atoms with Crippen LogP contribution in [0.25, 0.3) is 10.2 Å². The molecule has 1 amide bonds. The van der Waals surface area contributed by atoms with E-state index in [1.807, 2.05) is 6.07 Å². The highest BCUT2D eigenvalue weighted by molar-refractivity contribution is 7.98. The van der Waals surface area contributed by atoms with E-state index in [2.05, 4.69) is 10.3 Å². The summed E-state index contributed by atoms with van der Waals surface area (Å²) in [5.74, 6) is -0.576. The van der Waals surface area contributed by atoms with Gasteiger partial charge in [-0.05, 0) is 30.5 Å². The van der Waals surface area contributed by atoms with Crippen LogP contribution in [0.15, 0.2) is 41.3 Å². The highest BCUT2D eigenvalue weighted by Gasteiger charge is 2.24. The number of para-hydroxylation sites is 2. The molecule has 2 aromatic carbocycles. The fourth-order valence-corrected chi connectivity index (χ4v) is 3.94. The van der Waals surface area contributed by atoms with Crippen molar-refractivity contribution < 1.29 is 9.72 Å². The smallest absolute Gasteiger partial charge is 0.295 e. The molecular formula is C15H10ClN3O3S2. The number of hydrogen-bond donors (Lipinski definition) is 1. The maximum atomic E-state index is 12.5. The van der Waals surface area contributed by atoms with E-state index in [0.717, 1.165) is 4.70 Å². The normalized spacial score (nSPS) is 10.8. The second kappa shape index (κ2) is 6.76. The van der Waals surface area contributed by atoms with Crippen LogP contribution in [0.1, 0.15) is 10.4 Å². The fraction of sp³-hybridized carbons (Fsp3) is 0.0667. The predicted molar refractivity (Wildman–Crippen MR) is 97.5 cm³/mol. The van der Waals surface area contributed by atoms with Gasteiger partial charge in [-0.15, -0.1) is 11.8 Å². The Morgan fingerprint density at radius 2 is 2.08 bits per heavy atom. The molecule has 0 aliphatic rings. The molecular weight excluding hydrogens is 370 g/mol. The van der Waals surface area contributed by atoms with Gasteiger partial charge in [-0.1, -0.05) is 35.1 Å². The molecule has 9 heteroatoms. The number of carbonyl (C=O) groups is 1. The van der Waals surface area contributed by atoms with Gasteiger partial charge in [0.25, 0.3) is 11.6 Å². The van der Waals surface area contributed by atoms with Crippen molar-refractivity contribution >= 4 is 61.6 Å². The van der Waals surface area contributed by atoms with Crippen molar-refractivity contribution in [1.29, 1.82) is 0 Å². The van der Waals surface area contributed by atoms with E-state index in [0.29, 0.717) is 20.6 Å². The van der Waals surface area contributed by atoms with Gasteiger partial charge in [0.15, 0.2) is 5.13 Å². The summed E-state index contributed by atoms with van der Waals surface area (Å²) in [7, 11) is 0. The quantitative estimate of drug-likeness (QED) is 0.398. The summed E-state index contributed by atoms with van der Waals surface area (Å²) in [6.07, 6.45) is 1.72. The maximum Gasteiger partial charge on any atom is 0.295 e. The lowest BCUT2D eigenvalue weighted by molar-refractivity contribution is -0.388. The van der Waals surface area contributed by atoms with Crippen LogP contribution in [0.4, 0.5) is 10.8 Å². The van der Waals surface area contributed by atoms with Gasteiger partial charge in [0, 0.05) is 0 Å². The number of nitro groups is 1. The molecule has 6 nitrogen and oxygen atoms in total. The molecule has 3 rings (SSSR count). The monoisotopic (exact) mass is 379 g/mol. The van der Waals surface area contributed by atoms with E-state index in [4.69, 9.17) is 11.6 Å². The molecule has 0 spiro atoms. The van der Waals surface area contributed by atoms with E-state index in [-0.39, 0.29) is 11.3 Å². The van der Waals surface area contributed by atoms with Gasteiger partial charge in [0.1, 0.15) is 11.1 Å². The van der Waals surface area contributed by atoms with Crippen LogP contribution in [-0.4, -0.2) is 22.1 Å². The third-order valence-corrected chi connectivity index (χ3v) is 5.25. The zero-order valence-corrected chi connectivity index (χ0v) is 14.7. The summed E-state index contributed by atoms with van der Waals surface area (Å²) in [6, 6.07) is 9.99. The number of benzene rings is 2. The number of nitrogens with zero attached hydrogens (tertiary/aromatic N) is 2. The summed E-state index contributed by atoms with van der Waals surface area (Å²) in [5.41, 5.74) is 0.380. The lowest BCUT2D eigenvalue weighted by Gasteiger charge is -2.05. The summed E-state index contributed by atoms with van der Waals surface area (Å²) in [5, 5.41) is 14.8. The first-order chi connectivity index (χ1) is 11.5. The molecule has 0 atom stereocenters. The number of anilines is 1. The Hall–Kier alpha value is -2.16. The van der Waals surface area contributed by atoms with E-state index < -0.39 is 10.8 Å². The molecule has 1 heterocycles. The molecule has 0 unspecified atom stereocenters. The predicted octanol–water partition coefficient (Wildman–Crippen LogP) is 4.83. The molecule has 0 aliphatic carbocycles. The number of carbonyl (C=O) groups excluding carboxylic acids is 1. The van der Waals surface area contributed by atoms with Crippen LogP contribution in [0.2, 0.25) is 5.02 Å². The molecule has 122 valence electrons. The van der Waals surface area contributed by atoms with E-state index in [1.54, 1.807) is 30.5 Å². The van der Waals surface area contributed by atoms with Crippen molar-refractivity contribution in [2.45, 2.75) is 4.90 Å². The van der Waals surface area contributed by atoms with Crippen LogP contribution in [0, 0.1) is 10.1 Å². The first-order valence-corrected chi connectivity index (χ1v) is 9.11. The molecule has 0 bridgehead atoms. The van der Waals surface area contributed by atoms with Crippen LogP contribution >= 0.6 is 34.7 Å². The minimum absolute atomic E-state index is 0.00259. The molecule has 0 radical (unpaired) electrons. The van der Waals surface area contributed by atoms with Gasteiger partial charge in [0.2, 0.25) is 0 Å². The number of thioether (sulfide) groups is 1. The number of nitrogens with one attached hydrogen (secondary N) is 1. The fourth-order valence-electron chi connectivity index (χ4n) is 2.19. The molecule has 0 fully saturated rings. The Morgan fingerprint density at radius 3 is 2.75 bits per heavy atom. The SMILES string of the molecule is CSc1cccc(C(=O)Nc2nc3c(Cl)cccc3s2)c1[N+](=O)[O-]. The van der Waals surface area contributed by atoms with E-state index >= 15 is 0 Å². The maximum absolute atomic E-state index is 12.5. The lowest BCUT2D eigenvalue weighted by Crippen LogP contribution is -2.14. The summed E-state index contributed by atoms with van der Waals surface area (Å²) in [6.45, 7) is 0. The lowest BCUT2D eigenvalue weighted by atomic mass is 10.1. The van der Waals surface area contributed by atoms with Crippen LogP contribution in [0.5, 0.6) is 0 Å². The molecule has 24 heavy (non-hydrogen) atoms. The average Bonchev–Trinajstić information content (AvgIpc) is 2.97. The number of hydrogen-bond acceptors (Lipinski definition) is 6. The number of rotatable bonds is 4. The van der Waals surface area contributed by atoms with Crippen molar-refractivity contribution in [2.75, 3.05) is 11.6 Å². The van der Waals surface area contributed by atoms with Crippen molar-refractivity contribution in [3.63, 3.8) is 0 Å². The Morgan fingerprint density at radius 1 is 1.33 bits per heavy atom. The van der Waals surface area contributed by atoms with Gasteiger partial charge in [0.05, 0.1) is 19.5 Å². The van der Waals surface area contributed by atoms with Gasteiger partial charge >= 0.3 is 0 Å². The molecule has 1 N–H and O–H groups in total. The van der Waals surface area contributed by atoms with Crippen molar-refractivity contribution in [3.8, 4) is 0 Å². The molecule has 1 aromatic heterocycles. The van der Waals surface area contributed by atoms with E-state index in [9.17, 15) is 14.9 Å². The first-order valence-electron chi connectivity index (χ1n) is 6.69. The Bertz CT molecular complexity index is 958. The highest BCUT2D eigenvalue weighted by Crippen LogP contribution is 2.33. The topological polar surface area (TPSA) is 85.1 Å².